The van der Waals surface area contributed by atoms with Crippen molar-refractivity contribution in [2.24, 2.45) is 0 Å². The first-order valence-corrected chi connectivity index (χ1v) is 8.54. The van der Waals surface area contributed by atoms with Gasteiger partial charge in [0, 0.05) is 49.4 Å². The summed E-state index contributed by atoms with van der Waals surface area (Å²) in [5.74, 6) is -3.05. The molecule has 1 aromatic heterocycles. The van der Waals surface area contributed by atoms with Gasteiger partial charge in [0.15, 0.2) is 17.5 Å². The number of aromatic nitrogens is 2. The van der Waals surface area contributed by atoms with Crippen LogP contribution in [0.5, 0.6) is 0 Å². The van der Waals surface area contributed by atoms with Crippen LogP contribution in [0, 0.1) is 17.5 Å². The normalized spacial score (nSPS) is 13.2. The lowest BCUT2D eigenvalue weighted by Gasteiger charge is -2.22. The fraction of sp³-hybridized carbons (Fsp3) is 0.176. The molecule has 1 aliphatic heterocycles. The van der Waals surface area contributed by atoms with Gasteiger partial charge in [-0.15, -0.1) is 0 Å². The van der Waals surface area contributed by atoms with Crippen molar-refractivity contribution in [1.29, 1.82) is 0 Å². The number of hydrogen-bond acceptors (Lipinski definition) is 7. The summed E-state index contributed by atoms with van der Waals surface area (Å²) in [6.07, 6.45) is 6.74. The van der Waals surface area contributed by atoms with E-state index < -0.39 is 23.0 Å². The highest BCUT2D eigenvalue weighted by atomic mass is 35.5. The molecule has 0 atom stereocenters. The minimum absolute atomic E-state index is 0.0147. The van der Waals surface area contributed by atoms with E-state index in [1.165, 1.54) is 6.20 Å². The molecule has 1 aliphatic rings. The summed E-state index contributed by atoms with van der Waals surface area (Å²) in [7, 11) is 0. The van der Waals surface area contributed by atoms with Crippen LogP contribution < -0.4 is 16.1 Å². The molecule has 1 aromatic carbocycles. The Balaban J connectivity index is 1.73. The largest absolute Gasteiger partial charge is 0.396 e. The van der Waals surface area contributed by atoms with E-state index >= 15 is 0 Å². The topological polar surface area (TPSA) is 85.3 Å². The Hall–Kier alpha value is -2.98. The van der Waals surface area contributed by atoms with Gasteiger partial charge >= 0.3 is 0 Å². The van der Waals surface area contributed by atoms with E-state index in [1.54, 1.807) is 23.6 Å². The van der Waals surface area contributed by atoms with Gasteiger partial charge in [0.25, 0.3) is 0 Å². The quantitative estimate of drug-likeness (QED) is 0.520. The van der Waals surface area contributed by atoms with Crippen molar-refractivity contribution >= 4 is 23.4 Å². The summed E-state index contributed by atoms with van der Waals surface area (Å²) in [5, 5.41) is 16.3. The zero-order chi connectivity index (χ0) is 20.1. The molecule has 0 amide bonds. The highest BCUT2D eigenvalue weighted by Gasteiger charge is 2.15. The van der Waals surface area contributed by atoms with Crippen molar-refractivity contribution in [3.8, 4) is 0 Å². The molecule has 0 unspecified atom stereocenters. The van der Waals surface area contributed by atoms with E-state index in [1.807, 2.05) is 0 Å². The Morgan fingerprint density at radius 2 is 2.00 bits per heavy atom. The lowest BCUT2D eigenvalue weighted by atomic mass is 10.2. The average molecular weight is 413 g/mol. The number of hydrazine groups is 1. The third kappa shape index (κ3) is 4.65. The molecule has 2 heterocycles. The van der Waals surface area contributed by atoms with Crippen molar-refractivity contribution in [1.82, 2.24) is 20.3 Å². The number of aliphatic hydroxyl groups excluding tert-OH is 1. The number of benzene rings is 1. The monoisotopic (exact) mass is 412 g/mol. The molecule has 0 fully saturated rings. The summed E-state index contributed by atoms with van der Waals surface area (Å²) >= 11 is 6.03. The predicted molar refractivity (Wildman–Crippen MR) is 98.2 cm³/mol. The number of anilines is 2. The summed E-state index contributed by atoms with van der Waals surface area (Å²) in [6.45, 7) is -0.376. The Morgan fingerprint density at radius 3 is 2.79 bits per heavy atom. The fourth-order valence-corrected chi connectivity index (χ4v) is 2.52. The Morgan fingerprint density at radius 1 is 1.21 bits per heavy atom. The molecule has 4 N–H and O–H groups in total. The molecule has 7 nitrogen and oxygen atoms in total. The second-order valence-electron chi connectivity index (χ2n) is 5.67. The molecular weight excluding hydrogens is 397 g/mol. The molecule has 148 valence electrons. The standard InChI is InChI=1S/C17H16ClF3N6O/c18-12-8-24-17(26-27-5-4-22-10(9-27)3-6-28)25-16(12)23-7-11-13(19)1-2-14(20)15(11)21/h1-2,4-5,8-9,22,28H,3,6-7H2,(H2,23,24,25,26). The van der Waals surface area contributed by atoms with Gasteiger partial charge in [-0.05, 0) is 12.1 Å². The molecule has 3 rings (SSSR count). The second kappa shape index (κ2) is 8.81. The van der Waals surface area contributed by atoms with Gasteiger partial charge in [0.05, 0.1) is 6.20 Å². The molecular formula is C17H16ClF3N6O. The van der Waals surface area contributed by atoms with E-state index in [4.69, 9.17) is 16.7 Å². The van der Waals surface area contributed by atoms with Crippen LogP contribution in [0.4, 0.5) is 24.9 Å². The first-order valence-electron chi connectivity index (χ1n) is 8.16. The van der Waals surface area contributed by atoms with Gasteiger partial charge in [0.2, 0.25) is 5.95 Å². The molecule has 28 heavy (non-hydrogen) atoms. The fourth-order valence-electron chi connectivity index (χ4n) is 2.36. The van der Waals surface area contributed by atoms with Gasteiger partial charge in [-0.3, -0.25) is 10.4 Å². The maximum Gasteiger partial charge on any atom is 0.244 e. The molecule has 0 aliphatic carbocycles. The van der Waals surface area contributed by atoms with Crippen LogP contribution in [0.2, 0.25) is 5.02 Å². The summed E-state index contributed by atoms with van der Waals surface area (Å²) in [5.41, 5.74) is 3.19. The van der Waals surface area contributed by atoms with E-state index in [2.05, 4.69) is 26.0 Å². The predicted octanol–water partition coefficient (Wildman–Crippen LogP) is 3.09. The maximum atomic E-state index is 13.8. The lowest BCUT2D eigenvalue weighted by Crippen LogP contribution is -2.26. The molecule has 11 heteroatoms. The van der Waals surface area contributed by atoms with Crippen LogP contribution in [0.3, 0.4) is 0 Å². The molecule has 0 radical (unpaired) electrons. The number of nitrogens with one attached hydrogen (secondary N) is 3. The van der Waals surface area contributed by atoms with Crippen molar-refractivity contribution in [3.05, 3.63) is 70.7 Å². The van der Waals surface area contributed by atoms with Crippen LogP contribution in [0.25, 0.3) is 0 Å². The van der Waals surface area contributed by atoms with E-state index in [9.17, 15) is 13.2 Å². The van der Waals surface area contributed by atoms with Crippen molar-refractivity contribution in [2.45, 2.75) is 13.0 Å². The number of nitrogens with zero attached hydrogens (tertiary/aromatic N) is 3. The zero-order valence-electron chi connectivity index (χ0n) is 14.4. The van der Waals surface area contributed by atoms with Crippen molar-refractivity contribution < 1.29 is 18.3 Å². The Labute approximate surface area is 163 Å². The number of hydrogen-bond donors (Lipinski definition) is 4. The highest BCUT2D eigenvalue weighted by Crippen LogP contribution is 2.23. The summed E-state index contributed by atoms with van der Waals surface area (Å²) in [4.78, 5) is 8.19. The average Bonchev–Trinajstić information content (AvgIpc) is 2.68. The minimum atomic E-state index is -1.27. The summed E-state index contributed by atoms with van der Waals surface area (Å²) in [6, 6.07) is 1.56. The third-order valence-electron chi connectivity index (χ3n) is 3.72. The summed E-state index contributed by atoms with van der Waals surface area (Å²) < 4.78 is 40.8. The van der Waals surface area contributed by atoms with Crippen molar-refractivity contribution in [2.75, 3.05) is 17.3 Å². The molecule has 0 spiro atoms. The maximum absolute atomic E-state index is 13.8. The third-order valence-corrected chi connectivity index (χ3v) is 4.00. The zero-order valence-corrected chi connectivity index (χ0v) is 15.1. The van der Waals surface area contributed by atoms with Crippen LogP contribution in [0.15, 0.2) is 42.6 Å². The van der Waals surface area contributed by atoms with Crippen LogP contribution in [0.1, 0.15) is 12.0 Å². The number of aliphatic hydroxyl groups is 1. The number of rotatable bonds is 7. The van der Waals surface area contributed by atoms with Crippen LogP contribution in [-0.2, 0) is 6.54 Å². The molecule has 0 bridgehead atoms. The van der Waals surface area contributed by atoms with E-state index in [-0.39, 0.29) is 29.9 Å². The van der Waals surface area contributed by atoms with Crippen LogP contribution in [-0.4, -0.2) is 26.7 Å². The molecule has 0 saturated carbocycles. The first kappa shape index (κ1) is 19.8. The lowest BCUT2D eigenvalue weighted by molar-refractivity contribution is 0.296. The number of halogens is 4. The van der Waals surface area contributed by atoms with Gasteiger partial charge in [-0.1, -0.05) is 11.6 Å². The second-order valence-corrected chi connectivity index (χ2v) is 6.08. The van der Waals surface area contributed by atoms with Gasteiger partial charge in [-0.2, -0.15) is 4.98 Å². The smallest absolute Gasteiger partial charge is 0.244 e. The van der Waals surface area contributed by atoms with E-state index in [0.717, 1.165) is 11.8 Å². The van der Waals surface area contributed by atoms with Crippen molar-refractivity contribution in [3.63, 3.8) is 0 Å². The highest BCUT2D eigenvalue weighted by molar-refractivity contribution is 6.32. The van der Waals surface area contributed by atoms with Crippen LogP contribution >= 0.6 is 11.6 Å². The SMILES string of the molecule is OCCC1=CN(Nc2ncc(Cl)c(NCc3c(F)ccc(F)c3F)n2)C=CN1. The molecule has 2 aromatic rings. The molecule has 0 saturated heterocycles. The van der Waals surface area contributed by atoms with Gasteiger partial charge < -0.3 is 15.7 Å². The first-order chi connectivity index (χ1) is 13.5. The minimum Gasteiger partial charge on any atom is -0.396 e. The Bertz CT molecular complexity index is 924. The van der Waals surface area contributed by atoms with Gasteiger partial charge in [-0.25, -0.2) is 18.2 Å². The van der Waals surface area contributed by atoms with E-state index in [0.29, 0.717) is 12.5 Å². The van der Waals surface area contributed by atoms with Gasteiger partial charge in [0.1, 0.15) is 10.8 Å². The Kier molecular flexibility index (Phi) is 6.22.